The zero-order valence-electron chi connectivity index (χ0n) is 23.5. The van der Waals surface area contributed by atoms with E-state index in [1.54, 1.807) is 6.92 Å². The molecule has 41 heavy (non-hydrogen) atoms. The minimum atomic E-state index is -1.37. The van der Waals surface area contributed by atoms with E-state index in [1.807, 2.05) is 60.8 Å². The van der Waals surface area contributed by atoms with Gasteiger partial charge in [0, 0.05) is 29.6 Å². The highest BCUT2D eigenvalue weighted by molar-refractivity contribution is 5.92. The van der Waals surface area contributed by atoms with Gasteiger partial charge in [-0.25, -0.2) is 4.79 Å². The zero-order chi connectivity index (χ0) is 28.6. The Bertz CT molecular complexity index is 1390. The van der Waals surface area contributed by atoms with Gasteiger partial charge < -0.3 is 25.5 Å². The molecule has 0 saturated heterocycles. The van der Waals surface area contributed by atoms with Crippen LogP contribution in [-0.4, -0.2) is 45.7 Å². The first-order valence-electron chi connectivity index (χ1n) is 14.9. The standard InChI is InChI=1S/C33H39N3O5/c1-33(18-25-19-34-28-10-6-5-9-27(25)28,31(39)35-26(17-29(37)38)16-20-7-3-2-4-8-20)36-32(40)41-30-23-12-21-11-22(14-23)15-24(30)13-21/h2-10,19,21-24,26,30,34H,11-18H2,1H3,(H,35,39)(H,36,40)(H,37,38)/t21?,22?,23?,24?,26-,30?,33-/m1/s1. The molecule has 8 heteroatoms. The van der Waals surface area contributed by atoms with Crippen molar-refractivity contribution in [2.24, 2.45) is 23.7 Å². The number of aromatic amines is 1. The predicted molar refractivity (Wildman–Crippen MR) is 155 cm³/mol. The number of aromatic nitrogens is 1. The molecule has 4 bridgehead atoms. The number of H-pyrrole nitrogens is 1. The van der Waals surface area contributed by atoms with E-state index in [1.165, 1.54) is 6.42 Å². The van der Waals surface area contributed by atoms with Crippen LogP contribution in [0.1, 0.15) is 56.6 Å². The lowest BCUT2D eigenvalue weighted by Crippen LogP contribution is -2.61. The Balaban J connectivity index is 1.22. The fourth-order valence-electron chi connectivity index (χ4n) is 7.91. The molecule has 2 amide bonds. The molecule has 1 heterocycles. The van der Waals surface area contributed by atoms with Crippen LogP contribution in [0.2, 0.25) is 0 Å². The molecule has 4 aliphatic rings. The number of benzene rings is 2. The van der Waals surface area contributed by atoms with E-state index < -0.39 is 29.6 Å². The Morgan fingerprint density at radius 3 is 2.32 bits per heavy atom. The van der Waals surface area contributed by atoms with E-state index in [0.717, 1.165) is 59.5 Å². The van der Waals surface area contributed by atoms with Crippen LogP contribution in [0.15, 0.2) is 60.8 Å². The minimum Gasteiger partial charge on any atom is -0.481 e. The van der Waals surface area contributed by atoms with Crippen molar-refractivity contribution in [1.29, 1.82) is 0 Å². The summed E-state index contributed by atoms with van der Waals surface area (Å²) in [5, 5.41) is 16.5. The number of carbonyl (C=O) groups is 3. The average molecular weight is 558 g/mol. The first-order valence-corrected chi connectivity index (χ1v) is 14.9. The monoisotopic (exact) mass is 557 g/mol. The maximum atomic E-state index is 14.0. The van der Waals surface area contributed by atoms with Gasteiger partial charge in [0.25, 0.3) is 0 Å². The topological polar surface area (TPSA) is 121 Å². The molecule has 216 valence electrons. The third kappa shape index (κ3) is 5.97. The van der Waals surface area contributed by atoms with Crippen molar-refractivity contribution in [1.82, 2.24) is 15.6 Å². The SMILES string of the molecule is C[C@](Cc1c[nH]c2ccccc12)(NC(=O)OC1C2CC3CC(C2)CC1C3)C(=O)N[C@@H](CC(=O)O)Cc1ccccc1. The largest absolute Gasteiger partial charge is 0.481 e. The molecular formula is C33H39N3O5. The Morgan fingerprint density at radius 1 is 0.976 bits per heavy atom. The smallest absolute Gasteiger partial charge is 0.408 e. The number of nitrogens with one attached hydrogen (secondary N) is 3. The molecule has 4 N–H and O–H groups in total. The fourth-order valence-corrected chi connectivity index (χ4v) is 7.91. The molecule has 0 spiro atoms. The molecule has 3 aromatic rings. The summed E-state index contributed by atoms with van der Waals surface area (Å²) in [7, 11) is 0. The minimum absolute atomic E-state index is 0.110. The number of hydrogen-bond donors (Lipinski definition) is 4. The van der Waals surface area contributed by atoms with Crippen molar-refractivity contribution in [2.75, 3.05) is 0 Å². The first kappa shape index (κ1) is 27.4. The van der Waals surface area contributed by atoms with Crippen molar-refractivity contribution >= 4 is 28.9 Å². The van der Waals surface area contributed by atoms with Gasteiger partial charge in [0.2, 0.25) is 5.91 Å². The molecular weight excluding hydrogens is 518 g/mol. The molecule has 4 aliphatic carbocycles. The quantitative estimate of drug-likeness (QED) is 0.272. The van der Waals surface area contributed by atoms with Crippen LogP contribution < -0.4 is 10.6 Å². The lowest BCUT2D eigenvalue weighted by Gasteiger charge is -2.53. The van der Waals surface area contributed by atoms with Gasteiger partial charge in [-0.3, -0.25) is 9.59 Å². The van der Waals surface area contributed by atoms with Crippen LogP contribution in [0.4, 0.5) is 4.79 Å². The zero-order valence-corrected chi connectivity index (χ0v) is 23.5. The number of para-hydroxylation sites is 1. The van der Waals surface area contributed by atoms with Gasteiger partial charge >= 0.3 is 12.1 Å². The highest BCUT2D eigenvalue weighted by atomic mass is 16.6. The Hall–Kier alpha value is -3.81. The normalized spacial score (nSPS) is 26.7. The number of carbonyl (C=O) groups excluding carboxylic acids is 2. The number of hydrogen-bond acceptors (Lipinski definition) is 4. The van der Waals surface area contributed by atoms with Crippen LogP contribution in [0, 0.1) is 23.7 Å². The molecule has 0 aliphatic heterocycles. The molecule has 0 radical (unpaired) electrons. The Morgan fingerprint density at radius 2 is 1.63 bits per heavy atom. The third-order valence-corrected chi connectivity index (χ3v) is 9.56. The average Bonchev–Trinajstić information content (AvgIpc) is 3.33. The summed E-state index contributed by atoms with van der Waals surface area (Å²) in [5.41, 5.74) is 1.37. The van der Waals surface area contributed by atoms with E-state index in [0.29, 0.717) is 18.3 Å². The van der Waals surface area contributed by atoms with E-state index in [9.17, 15) is 19.5 Å². The van der Waals surface area contributed by atoms with Crippen molar-refractivity contribution in [3.8, 4) is 0 Å². The number of fused-ring (bicyclic) bond motifs is 1. The van der Waals surface area contributed by atoms with Gasteiger partial charge in [-0.05, 0) is 86.3 Å². The third-order valence-electron chi connectivity index (χ3n) is 9.56. The van der Waals surface area contributed by atoms with Crippen molar-refractivity contribution < 1.29 is 24.2 Å². The van der Waals surface area contributed by atoms with E-state index >= 15 is 0 Å². The molecule has 7 rings (SSSR count). The van der Waals surface area contributed by atoms with Gasteiger partial charge in [-0.1, -0.05) is 48.5 Å². The van der Waals surface area contributed by atoms with Gasteiger partial charge in [0.05, 0.1) is 6.42 Å². The molecule has 0 unspecified atom stereocenters. The molecule has 4 fully saturated rings. The number of carboxylic acids is 1. The summed E-state index contributed by atoms with van der Waals surface area (Å²) in [6.45, 7) is 1.70. The maximum absolute atomic E-state index is 14.0. The highest BCUT2D eigenvalue weighted by Gasteiger charge is 2.50. The lowest BCUT2D eigenvalue weighted by atomic mass is 9.55. The molecule has 1 aromatic heterocycles. The number of rotatable bonds is 10. The van der Waals surface area contributed by atoms with Gasteiger partial charge in [0.15, 0.2) is 0 Å². The molecule has 2 aromatic carbocycles. The van der Waals surface area contributed by atoms with Crippen molar-refractivity contribution in [2.45, 2.75) is 76.0 Å². The summed E-state index contributed by atoms with van der Waals surface area (Å²) in [4.78, 5) is 42.4. The summed E-state index contributed by atoms with van der Waals surface area (Å²) in [6.07, 6.45) is 7.30. The predicted octanol–water partition coefficient (Wildman–Crippen LogP) is 5.22. The van der Waals surface area contributed by atoms with E-state index in [2.05, 4.69) is 15.6 Å². The number of carboxylic acid groups (broad SMARTS) is 1. The molecule has 8 nitrogen and oxygen atoms in total. The van der Waals surface area contributed by atoms with Crippen LogP contribution in [-0.2, 0) is 27.2 Å². The second-order valence-corrected chi connectivity index (χ2v) is 12.8. The number of ether oxygens (including phenoxy) is 1. The summed E-state index contributed by atoms with van der Waals surface area (Å²) in [5.74, 6) is 0.877. The molecule has 4 saturated carbocycles. The summed E-state index contributed by atoms with van der Waals surface area (Å²) >= 11 is 0. The number of aliphatic carboxylic acids is 1. The highest BCUT2D eigenvalue weighted by Crippen LogP contribution is 2.54. The van der Waals surface area contributed by atoms with Gasteiger partial charge in [-0.15, -0.1) is 0 Å². The lowest BCUT2D eigenvalue weighted by molar-refractivity contribution is -0.138. The second kappa shape index (κ2) is 11.2. The number of amides is 2. The second-order valence-electron chi connectivity index (χ2n) is 12.8. The van der Waals surface area contributed by atoms with Crippen LogP contribution in [0.5, 0.6) is 0 Å². The van der Waals surface area contributed by atoms with Gasteiger partial charge in [-0.2, -0.15) is 0 Å². The maximum Gasteiger partial charge on any atom is 0.408 e. The van der Waals surface area contributed by atoms with E-state index in [-0.39, 0.29) is 18.9 Å². The van der Waals surface area contributed by atoms with Crippen LogP contribution in [0.25, 0.3) is 10.9 Å². The number of alkyl carbamates (subject to hydrolysis) is 1. The van der Waals surface area contributed by atoms with Crippen molar-refractivity contribution in [3.05, 3.63) is 71.9 Å². The van der Waals surface area contributed by atoms with Gasteiger partial charge in [0.1, 0.15) is 11.6 Å². The van der Waals surface area contributed by atoms with Crippen LogP contribution >= 0.6 is 0 Å². The fraction of sp³-hybridized carbons (Fsp3) is 0.485. The van der Waals surface area contributed by atoms with E-state index in [4.69, 9.17) is 4.74 Å². The van der Waals surface area contributed by atoms with Crippen molar-refractivity contribution in [3.63, 3.8) is 0 Å². The first-order chi connectivity index (χ1) is 19.8. The summed E-state index contributed by atoms with van der Waals surface area (Å²) < 4.78 is 6.11. The summed E-state index contributed by atoms with van der Waals surface area (Å²) in [6, 6.07) is 16.7. The Kier molecular flexibility index (Phi) is 7.49. The Labute approximate surface area is 240 Å². The van der Waals surface area contributed by atoms with Crippen LogP contribution in [0.3, 0.4) is 0 Å². The molecule has 2 atom stereocenters.